The SMILES string of the molecule is CCCCCCCCC(=O)NCc1ccc(OC(N)CC(=O)C(F)(F)F)c(OC)c1. The number of ketones is 1. The Balaban J connectivity index is 2.49. The summed E-state index contributed by atoms with van der Waals surface area (Å²) in [5, 5.41) is 2.83. The third-order valence-corrected chi connectivity index (χ3v) is 4.46. The molecule has 1 aromatic carbocycles. The number of nitrogens with one attached hydrogen (secondary N) is 1. The molecule has 0 aliphatic heterocycles. The number of unbranched alkanes of at least 4 members (excludes halogenated alkanes) is 5. The molecule has 9 heteroatoms. The van der Waals surface area contributed by atoms with E-state index in [4.69, 9.17) is 15.2 Å². The summed E-state index contributed by atoms with van der Waals surface area (Å²) < 4.78 is 47.4. The molecule has 170 valence electrons. The standard InChI is InChI=1S/C21H31F3N2O4/c1-3-4-5-6-7-8-9-20(28)26-14-15-10-11-16(17(12-15)29-2)30-19(25)13-18(27)21(22,23)24/h10-12,19H,3-9,13-14,25H2,1-2H3,(H,26,28). The molecule has 1 atom stereocenters. The van der Waals surface area contributed by atoms with E-state index in [1.165, 1.54) is 32.4 Å². The zero-order valence-electron chi connectivity index (χ0n) is 17.5. The van der Waals surface area contributed by atoms with Gasteiger partial charge in [-0.05, 0) is 24.1 Å². The number of halogens is 3. The maximum Gasteiger partial charge on any atom is 0.450 e. The van der Waals surface area contributed by atoms with Gasteiger partial charge in [0.25, 0.3) is 0 Å². The highest BCUT2D eigenvalue weighted by atomic mass is 19.4. The summed E-state index contributed by atoms with van der Waals surface area (Å²) in [6.45, 7) is 2.44. The molecule has 0 spiro atoms. The summed E-state index contributed by atoms with van der Waals surface area (Å²) in [6.07, 6.45) is -0.335. The third-order valence-electron chi connectivity index (χ3n) is 4.46. The number of Topliss-reactive ketones (excluding diaryl/α,β-unsaturated/α-hetero) is 1. The van der Waals surface area contributed by atoms with Crippen LogP contribution in [0.2, 0.25) is 0 Å². The van der Waals surface area contributed by atoms with E-state index >= 15 is 0 Å². The van der Waals surface area contributed by atoms with Crippen LogP contribution >= 0.6 is 0 Å². The Labute approximate surface area is 175 Å². The lowest BCUT2D eigenvalue weighted by molar-refractivity contribution is -0.172. The van der Waals surface area contributed by atoms with Crippen LogP contribution in [0.1, 0.15) is 63.9 Å². The van der Waals surface area contributed by atoms with Crippen molar-refractivity contribution in [3.05, 3.63) is 23.8 Å². The summed E-state index contributed by atoms with van der Waals surface area (Å²) in [6, 6.07) is 4.71. The molecule has 1 amide bonds. The van der Waals surface area contributed by atoms with Gasteiger partial charge in [0.05, 0.1) is 13.5 Å². The number of amides is 1. The summed E-state index contributed by atoms with van der Waals surface area (Å²) in [5.74, 6) is -1.65. The van der Waals surface area contributed by atoms with Crippen molar-refractivity contribution in [3.8, 4) is 11.5 Å². The minimum Gasteiger partial charge on any atom is -0.493 e. The van der Waals surface area contributed by atoms with Crippen molar-refractivity contribution in [2.45, 2.75) is 77.2 Å². The van der Waals surface area contributed by atoms with Crippen molar-refractivity contribution in [1.82, 2.24) is 5.32 Å². The van der Waals surface area contributed by atoms with Gasteiger partial charge in [0.1, 0.15) is 0 Å². The van der Waals surface area contributed by atoms with E-state index in [0.29, 0.717) is 6.42 Å². The van der Waals surface area contributed by atoms with Crippen LogP contribution in [-0.2, 0) is 16.1 Å². The van der Waals surface area contributed by atoms with Gasteiger partial charge < -0.3 is 14.8 Å². The van der Waals surface area contributed by atoms with E-state index in [-0.39, 0.29) is 24.0 Å². The zero-order valence-corrected chi connectivity index (χ0v) is 17.5. The summed E-state index contributed by atoms with van der Waals surface area (Å²) >= 11 is 0. The molecule has 0 heterocycles. The predicted octanol–water partition coefficient (Wildman–Crippen LogP) is 4.25. The largest absolute Gasteiger partial charge is 0.493 e. The number of benzene rings is 1. The van der Waals surface area contributed by atoms with Gasteiger partial charge in [-0.1, -0.05) is 45.1 Å². The van der Waals surface area contributed by atoms with Gasteiger partial charge in [-0.25, -0.2) is 0 Å². The van der Waals surface area contributed by atoms with Crippen LogP contribution in [0.25, 0.3) is 0 Å². The Bertz CT molecular complexity index is 681. The Kier molecular flexibility index (Phi) is 11.2. The summed E-state index contributed by atoms with van der Waals surface area (Å²) in [7, 11) is 1.37. The third kappa shape index (κ3) is 9.96. The molecule has 30 heavy (non-hydrogen) atoms. The van der Waals surface area contributed by atoms with Gasteiger partial charge in [0.2, 0.25) is 11.7 Å². The Morgan fingerprint density at radius 3 is 2.40 bits per heavy atom. The second-order valence-electron chi connectivity index (χ2n) is 7.06. The van der Waals surface area contributed by atoms with E-state index in [1.807, 2.05) is 0 Å². The number of rotatable bonds is 14. The van der Waals surface area contributed by atoms with Gasteiger partial charge in [0.15, 0.2) is 17.7 Å². The first-order chi connectivity index (χ1) is 14.2. The molecule has 0 aliphatic carbocycles. The molecule has 0 radical (unpaired) electrons. The number of hydrogen-bond donors (Lipinski definition) is 2. The van der Waals surface area contributed by atoms with Gasteiger partial charge in [-0.15, -0.1) is 0 Å². The first-order valence-corrected chi connectivity index (χ1v) is 10.1. The van der Waals surface area contributed by atoms with E-state index in [0.717, 1.165) is 24.8 Å². The number of carbonyl (C=O) groups is 2. The number of nitrogens with two attached hydrogens (primary N) is 1. The van der Waals surface area contributed by atoms with Crippen LogP contribution in [-0.4, -0.2) is 31.2 Å². The second-order valence-corrected chi connectivity index (χ2v) is 7.06. The maximum absolute atomic E-state index is 12.3. The van der Waals surface area contributed by atoms with Crippen LogP contribution in [0.4, 0.5) is 13.2 Å². The molecule has 0 aromatic heterocycles. The van der Waals surface area contributed by atoms with E-state index < -0.39 is 24.6 Å². The van der Waals surface area contributed by atoms with E-state index in [1.54, 1.807) is 12.1 Å². The normalized spacial score (nSPS) is 12.3. The molecule has 0 saturated heterocycles. The lowest BCUT2D eigenvalue weighted by atomic mass is 10.1. The summed E-state index contributed by atoms with van der Waals surface area (Å²) in [5.41, 5.74) is 6.22. The topological polar surface area (TPSA) is 90.6 Å². The molecule has 3 N–H and O–H groups in total. The lowest BCUT2D eigenvalue weighted by Crippen LogP contribution is -2.35. The van der Waals surface area contributed by atoms with Gasteiger partial charge in [-0.3, -0.25) is 15.3 Å². The Morgan fingerprint density at radius 1 is 1.10 bits per heavy atom. The van der Waals surface area contributed by atoms with Crippen molar-refractivity contribution in [3.63, 3.8) is 0 Å². The first kappa shape index (κ1) is 25.7. The van der Waals surface area contributed by atoms with Crippen LogP contribution < -0.4 is 20.5 Å². The average Bonchev–Trinajstić information content (AvgIpc) is 2.68. The van der Waals surface area contributed by atoms with Crippen molar-refractivity contribution < 1.29 is 32.2 Å². The van der Waals surface area contributed by atoms with Crippen LogP contribution in [0.15, 0.2) is 18.2 Å². The van der Waals surface area contributed by atoms with Crippen molar-refractivity contribution >= 4 is 11.7 Å². The molecule has 1 aromatic rings. The predicted molar refractivity (Wildman–Crippen MR) is 107 cm³/mol. The highest BCUT2D eigenvalue weighted by Gasteiger charge is 2.39. The zero-order chi connectivity index (χ0) is 22.6. The molecule has 6 nitrogen and oxygen atoms in total. The Morgan fingerprint density at radius 2 is 1.77 bits per heavy atom. The van der Waals surface area contributed by atoms with E-state index in [9.17, 15) is 22.8 Å². The molecule has 0 saturated carbocycles. The highest BCUT2D eigenvalue weighted by Crippen LogP contribution is 2.29. The van der Waals surface area contributed by atoms with Crippen LogP contribution in [0, 0.1) is 0 Å². The smallest absolute Gasteiger partial charge is 0.450 e. The average molecular weight is 432 g/mol. The molecule has 1 rings (SSSR count). The maximum atomic E-state index is 12.3. The fourth-order valence-electron chi connectivity index (χ4n) is 2.78. The quantitative estimate of drug-likeness (QED) is 0.339. The van der Waals surface area contributed by atoms with Gasteiger partial charge in [-0.2, -0.15) is 13.2 Å². The molecular formula is C21H31F3N2O4. The molecule has 0 aliphatic rings. The van der Waals surface area contributed by atoms with Gasteiger partial charge >= 0.3 is 6.18 Å². The van der Waals surface area contributed by atoms with Crippen molar-refractivity contribution in [1.29, 1.82) is 0 Å². The minimum absolute atomic E-state index is 0.0440. The van der Waals surface area contributed by atoms with E-state index in [2.05, 4.69) is 12.2 Å². The molecular weight excluding hydrogens is 401 g/mol. The Hall–Kier alpha value is -2.29. The lowest BCUT2D eigenvalue weighted by Gasteiger charge is -2.17. The first-order valence-electron chi connectivity index (χ1n) is 10.1. The minimum atomic E-state index is -4.96. The number of alkyl halides is 3. The van der Waals surface area contributed by atoms with Gasteiger partial charge in [0, 0.05) is 13.0 Å². The molecule has 0 bridgehead atoms. The molecule has 0 fully saturated rings. The fraction of sp³-hybridized carbons (Fsp3) is 0.619. The van der Waals surface area contributed by atoms with Crippen LogP contribution in [0.5, 0.6) is 11.5 Å². The second kappa shape index (κ2) is 13.1. The molecule has 1 unspecified atom stereocenters. The highest BCUT2D eigenvalue weighted by molar-refractivity contribution is 5.84. The number of methoxy groups -OCH3 is 1. The summed E-state index contributed by atoms with van der Waals surface area (Å²) in [4.78, 5) is 23.0. The van der Waals surface area contributed by atoms with Crippen LogP contribution in [0.3, 0.4) is 0 Å². The number of ether oxygens (including phenoxy) is 2. The van der Waals surface area contributed by atoms with Crippen molar-refractivity contribution in [2.75, 3.05) is 7.11 Å². The monoisotopic (exact) mass is 432 g/mol. The number of carbonyl (C=O) groups excluding carboxylic acids is 2. The van der Waals surface area contributed by atoms with Crippen molar-refractivity contribution in [2.24, 2.45) is 5.73 Å². The number of hydrogen-bond acceptors (Lipinski definition) is 5. The fourth-order valence-corrected chi connectivity index (χ4v) is 2.78.